The van der Waals surface area contributed by atoms with E-state index in [-0.39, 0.29) is 0 Å². The zero-order chi connectivity index (χ0) is 9.10. The molecule has 1 heterocycles. The highest BCUT2D eigenvalue weighted by molar-refractivity contribution is 4.79. The summed E-state index contributed by atoms with van der Waals surface area (Å²) in [6, 6.07) is 0.868. The van der Waals surface area contributed by atoms with Crippen molar-refractivity contribution >= 4 is 0 Å². The van der Waals surface area contributed by atoms with Gasteiger partial charge in [0.15, 0.2) is 0 Å². The molecule has 1 saturated heterocycles. The zero-order valence-corrected chi connectivity index (χ0v) is 8.67. The van der Waals surface area contributed by atoms with Gasteiger partial charge in [0.1, 0.15) is 0 Å². The Balaban J connectivity index is 1.83. The van der Waals surface area contributed by atoms with Gasteiger partial charge in [-0.2, -0.15) is 0 Å². The molecule has 2 nitrogen and oxygen atoms in total. The standard InChI is InChI=1S/C11H21NO/c1-10-3-2-4-11(9-10)12-5-7-13-8-6-12/h10-11H,2-9H2,1H3/t10-,11-/m0/s1. The summed E-state index contributed by atoms with van der Waals surface area (Å²) in [5.41, 5.74) is 0. The van der Waals surface area contributed by atoms with E-state index in [0.29, 0.717) is 0 Å². The Morgan fingerprint density at radius 2 is 1.92 bits per heavy atom. The van der Waals surface area contributed by atoms with E-state index in [0.717, 1.165) is 38.3 Å². The van der Waals surface area contributed by atoms with Gasteiger partial charge in [-0.1, -0.05) is 19.8 Å². The number of hydrogen-bond donors (Lipinski definition) is 0. The molecule has 2 aliphatic rings. The summed E-state index contributed by atoms with van der Waals surface area (Å²) in [4.78, 5) is 2.64. The Bertz CT molecular complexity index is 154. The van der Waals surface area contributed by atoms with Gasteiger partial charge in [0.25, 0.3) is 0 Å². The van der Waals surface area contributed by atoms with E-state index >= 15 is 0 Å². The fourth-order valence-corrected chi connectivity index (χ4v) is 2.68. The van der Waals surface area contributed by atoms with E-state index in [1.54, 1.807) is 0 Å². The molecule has 0 N–H and O–H groups in total. The van der Waals surface area contributed by atoms with Crippen LogP contribution < -0.4 is 0 Å². The third kappa shape index (κ3) is 2.44. The van der Waals surface area contributed by atoms with E-state index < -0.39 is 0 Å². The summed E-state index contributed by atoms with van der Waals surface area (Å²) in [7, 11) is 0. The van der Waals surface area contributed by atoms with Crippen molar-refractivity contribution in [1.29, 1.82) is 0 Å². The van der Waals surface area contributed by atoms with Gasteiger partial charge in [0.2, 0.25) is 0 Å². The van der Waals surface area contributed by atoms with Crippen LogP contribution in [0.1, 0.15) is 32.6 Å². The van der Waals surface area contributed by atoms with Crippen molar-refractivity contribution in [3.8, 4) is 0 Å². The van der Waals surface area contributed by atoms with E-state index in [4.69, 9.17) is 4.74 Å². The molecule has 76 valence electrons. The van der Waals surface area contributed by atoms with Gasteiger partial charge in [-0.3, -0.25) is 4.90 Å². The Hall–Kier alpha value is -0.0800. The number of ether oxygens (including phenoxy) is 1. The molecule has 0 unspecified atom stereocenters. The molecule has 0 bridgehead atoms. The van der Waals surface area contributed by atoms with Crippen molar-refractivity contribution in [2.24, 2.45) is 5.92 Å². The molecule has 2 atom stereocenters. The summed E-state index contributed by atoms with van der Waals surface area (Å²) >= 11 is 0. The van der Waals surface area contributed by atoms with Crippen LogP contribution in [-0.2, 0) is 4.74 Å². The van der Waals surface area contributed by atoms with Crippen LogP contribution in [0.3, 0.4) is 0 Å². The smallest absolute Gasteiger partial charge is 0.0594 e. The number of rotatable bonds is 1. The molecule has 0 aromatic carbocycles. The number of hydrogen-bond acceptors (Lipinski definition) is 2. The van der Waals surface area contributed by atoms with Crippen LogP contribution in [0.5, 0.6) is 0 Å². The third-order valence-corrected chi connectivity index (χ3v) is 3.47. The summed E-state index contributed by atoms with van der Waals surface area (Å²) in [5.74, 6) is 0.946. The first-order valence-corrected chi connectivity index (χ1v) is 5.68. The first-order chi connectivity index (χ1) is 6.36. The summed E-state index contributed by atoms with van der Waals surface area (Å²) in [5, 5.41) is 0. The molecule has 0 spiro atoms. The lowest BCUT2D eigenvalue weighted by molar-refractivity contribution is 0.00392. The lowest BCUT2D eigenvalue weighted by Crippen LogP contribution is -2.45. The SMILES string of the molecule is C[C@H]1CCC[C@H](N2CCOCC2)C1. The van der Waals surface area contributed by atoms with Crippen LogP contribution in [0.2, 0.25) is 0 Å². The fourth-order valence-electron chi connectivity index (χ4n) is 2.68. The van der Waals surface area contributed by atoms with Crippen LogP contribution in [0.25, 0.3) is 0 Å². The first-order valence-electron chi connectivity index (χ1n) is 5.68. The highest BCUT2D eigenvalue weighted by Crippen LogP contribution is 2.27. The van der Waals surface area contributed by atoms with Gasteiger partial charge >= 0.3 is 0 Å². The van der Waals surface area contributed by atoms with Crippen LogP contribution >= 0.6 is 0 Å². The maximum Gasteiger partial charge on any atom is 0.0594 e. The second kappa shape index (κ2) is 4.43. The lowest BCUT2D eigenvalue weighted by atomic mass is 9.86. The monoisotopic (exact) mass is 183 g/mol. The largest absolute Gasteiger partial charge is 0.379 e. The van der Waals surface area contributed by atoms with Crippen molar-refractivity contribution in [2.75, 3.05) is 26.3 Å². The van der Waals surface area contributed by atoms with Gasteiger partial charge < -0.3 is 4.74 Å². The molecule has 0 aromatic rings. The minimum Gasteiger partial charge on any atom is -0.379 e. The quantitative estimate of drug-likeness (QED) is 0.615. The van der Waals surface area contributed by atoms with Gasteiger partial charge in [-0.05, 0) is 18.8 Å². The summed E-state index contributed by atoms with van der Waals surface area (Å²) in [6.07, 6.45) is 5.72. The topological polar surface area (TPSA) is 12.5 Å². The van der Waals surface area contributed by atoms with Crippen molar-refractivity contribution in [3.63, 3.8) is 0 Å². The van der Waals surface area contributed by atoms with Crippen molar-refractivity contribution in [3.05, 3.63) is 0 Å². The van der Waals surface area contributed by atoms with Crippen LogP contribution in [-0.4, -0.2) is 37.2 Å². The van der Waals surface area contributed by atoms with Gasteiger partial charge in [0.05, 0.1) is 13.2 Å². The molecule has 1 aliphatic heterocycles. The van der Waals surface area contributed by atoms with E-state index in [1.165, 1.54) is 25.7 Å². The van der Waals surface area contributed by atoms with Gasteiger partial charge in [0, 0.05) is 19.1 Å². The first kappa shape index (κ1) is 9.47. The van der Waals surface area contributed by atoms with Crippen LogP contribution in [0, 0.1) is 5.92 Å². The third-order valence-electron chi connectivity index (χ3n) is 3.47. The lowest BCUT2D eigenvalue weighted by Gasteiger charge is -2.38. The highest BCUT2D eigenvalue weighted by Gasteiger charge is 2.25. The molecule has 1 saturated carbocycles. The second-order valence-electron chi connectivity index (χ2n) is 4.57. The molecular formula is C11H21NO. The number of nitrogens with zero attached hydrogens (tertiary/aromatic N) is 1. The Kier molecular flexibility index (Phi) is 3.23. The van der Waals surface area contributed by atoms with E-state index in [1.807, 2.05) is 0 Å². The van der Waals surface area contributed by atoms with Crippen molar-refractivity contribution in [2.45, 2.75) is 38.6 Å². The average Bonchev–Trinajstić information content (AvgIpc) is 2.19. The summed E-state index contributed by atoms with van der Waals surface area (Å²) in [6.45, 7) is 6.62. The van der Waals surface area contributed by atoms with Crippen LogP contribution in [0.15, 0.2) is 0 Å². The predicted octanol–water partition coefficient (Wildman–Crippen LogP) is 1.90. The predicted molar refractivity (Wildman–Crippen MR) is 53.8 cm³/mol. The zero-order valence-electron chi connectivity index (χ0n) is 8.67. The molecule has 0 aromatic heterocycles. The Labute approximate surface area is 81.3 Å². The van der Waals surface area contributed by atoms with Gasteiger partial charge in [-0.25, -0.2) is 0 Å². The molecule has 2 fully saturated rings. The maximum atomic E-state index is 5.38. The van der Waals surface area contributed by atoms with E-state index in [9.17, 15) is 0 Å². The molecule has 2 rings (SSSR count). The number of morpholine rings is 1. The van der Waals surface area contributed by atoms with E-state index in [2.05, 4.69) is 11.8 Å². The molecule has 0 amide bonds. The molecule has 1 aliphatic carbocycles. The van der Waals surface area contributed by atoms with Crippen molar-refractivity contribution in [1.82, 2.24) is 4.90 Å². The molecule has 0 radical (unpaired) electrons. The second-order valence-corrected chi connectivity index (χ2v) is 4.57. The average molecular weight is 183 g/mol. The fraction of sp³-hybridized carbons (Fsp3) is 1.00. The Morgan fingerprint density at radius 1 is 1.15 bits per heavy atom. The molecule has 2 heteroatoms. The normalized spacial score (nSPS) is 37.6. The highest BCUT2D eigenvalue weighted by atomic mass is 16.5. The molecule has 13 heavy (non-hydrogen) atoms. The minimum atomic E-state index is 0.868. The summed E-state index contributed by atoms with van der Waals surface area (Å²) < 4.78 is 5.38. The maximum absolute atomic E-state index is 5.38. The molecular weight excluding hydrogens is 162 g/mol. The Morgan fingerprint density at radius 3 is 2.62 bits per heavy atom. The minimum absolute atomic E-state index is 0.868. The van der Waals surface area contributed by atoms with Crippen molar-refractivity contribution < 1.29 is 4.74 Å². The van der Waals surface area contributed by atoms with Crippen LogP contribution in [0.4, 0.5) is 0 Å². The van der Waals surface area contributed by atoms with Gasteiger partial charge in [-0.15, -0.1) is 0 Å².